The summed E-state index contributed by atoms with van der Waals surface area (Å²) in [5.41, 5.74) is 4.96. The van der Waals surface area contributed by atoms with Gasteiger partial charge in [-0.1, -0.05) is 0 Å². The van der Waals surface area contributed by atoms with Crippen molar-refractivity contribution in [2.45, 2.75) is 31.5 Å². The highest BCUT2D eigenvalue weighted by atomic mass is 19.4. The molecule has 3 N–H and O–H groups in total. The number of rotatable bonds is 6. The van der Waals surface area contributed by atoms with Crippen molar-refractivity contribution in [2.75, 3.05) is 19.8 Å². The molecule has 0 saturated carbocycles. The van der Waals surface area contributed by atoms with Crippen LogP contribution in [-0.2, 0) is 16.0 Å². The zero-order chi connectivity index (χ0) is 16.9. The minimum Gasteiger partial charge on any atom is -0.381 e. The number of carbonyl (C=O) groups is 1. The van der Waals surface area contributed by atoms with Gasteiger partial charge in [0.2, 0.25) is 5.91 Å². The summed E-state index contributed by atoms with van der Waals surface area (Å²) in [5.74, 6) is -0.585. The van der Waals surface area contributed by atoms with Gasteiger partial charge in [0, 0.05) is 32.2 Å². The van der Waals surface area contributed by atoms with E-state index in [4.69, 9.17) is 10.5 Å². The summed E-state index contributed by atoms with van der Waals surface area (Å²) in [6, 6.07) is 1.33. The van der Waals surface area contributed by atoms with Gasteiger partial charge in [-0.05, 0) is 37.0 Å². The lowest BCUT2D eigenvalue weighted by Crippen LogP contribution is -2.53. The van der Waals surface area contributed by atoms with E-state index in [0.717, 1.165) is 0 Å². The number of nitrogens with zero attached hydrogens (tertiary/aromatic N) is 1. The number of hydrogen-bond donors (Lipinski definition) is 2. The lowest BCUT2D eigenvalue weighted by Gasteiger charge is -2.36. The molecule has 1 aromatic heterocycles. The van der Waals surface area contributed by atoms with E-state index >= 15 is 0 Å². The summed E-state index contributed by atoms with van der Waals surface area (Å²) in [5, 5.41) is 2.50. The number of nitrogens with one attached hydrogen (secondary N) is 1. The lowest BCUT2D eigenvalue weighted by molar-refractivity contribution is -0.159. The van der Waals surface area contributed by atoms with E-state index < -0.39 is 23.5 Å². The predicted octanol–water partition coefficient (Wildman–Crippen LogP) is 1.43. The molecular formula is C15H20F3N3O2. The molecule has 2 heterocycles. The quantitative estimate of drug-likeness (QED) is 0.827. The maximum Gasteiger partial charge on any atom is 0.404 e. The van der Waals surface area contributed by atoms with Gasteiger partial charge >= 0.3 is 6.18 Å². The Morgan fingerprint density at radius 2 is 1.96 bits per heavy atom. The fourth-order valence-corrected chi connectivity index (χ4v) is 2.65. The van der Waals surface area contributed by atoms with Crippen LogP contribution >= 0.6 is 0 Å². The van der Waals surface area contributed by atoms with Crippen LogP contribution in [0.5, 0.6) is 0 Å². The number of halogens is 3. The van der Waals surface area contributed by atoms with E-state index in [-0.39, 0.29) is 13.0 Å². The summed E-state index contributed by atoms with van der Waals surface area (Å²) in [6.07, 6.45) is -1.09. The largest absolute Gasteiger partial charge is 0.404 e. The molecule has 128 valence electrons. The first kappa shape index (κ1) is 17.7. The van der Waals surface area contributed by atoms with E-state index in [0.29, 0.717) is 31.6 Å². The van der Waals surface area contributed by atoms with Gasteiger partial charge in [-0.3, -0.25) is 9.78 Å². The predicted molar refractivity (Wildman–Crippen MR) is 77.5 cm³/mol. The van der Waals surface area contributed by atoms with Gasteiger partial charge in [0.1, 0.15) is 6.04 Å². The van der Waals surface area contributed by atoms with Crippen LogP contribution < -0.4 is 11.1 Å². The molecule has 2 rings (SSSR count). The minimum atomic E-state index is -4.42. The lowest BCUT2D eigenvalue weighted by atomic mass is 9.79. The number of primary amides is 1. The summed E-state index contributed by atoms with van der Waals surface area (Å²) in [4.78, 5) is 15.5. The molecular weight excluding hydrogens is 311 g/mol. The second-order valence-electron chi connectivity index (χ2n) is 5.79. The molecule has 1 fully saturated rings. The highest BCUT2D eigenvalue weighted by Gasteiger charge is 2.43. The Bertz CT molecular complexity index is 516. The Morgan fingerprint density at radius 1 is 1.35 bits per heavy atom. The van der Waals surface area contributed by atoms with Crippen LogP contribution in [-0.4, -0.2) is 42.9 Å². The van der Waals surface area contributed by atoms with Crippen molar-refractivity contribution in [1.82, 2.24) is 10.3 Å². The molecule has 1 saturated heterocycles. The fourth-order valence-electron chi connectivity index (χ4n) is 2.65. The molecule has 0 radical (unpaired) electrons. The number of hydrogen-bond acceptors (Lipinski definition) is 4. The minimum absolute atomic E-state index is 0.110. The Balaban J connectivity index is 2.07. The first-order valence-corrected chi connectivity index (χ1v) is 7.40. The molecule has 1 atom stereocenters. The summed E-state index contributed by atoms with van der Waals surface area (Å²) in [7, 11) is 0. The molecule has 1 aliphatic heterocycles. The molecule has 1 aliphatic rings. The monoisotopic (exact) mass is 331 g/mol. The van der Waals surface area contributed by atoms with E-state index in [1.54, 1.807) is 12.1 Å². The van der Waals surface area contributed by atoms with Crippen molar-refractivity contribution in [3.63, 3.8) is 0 Å². The third kappa shape index (κ3) is 4.65. The normalized spacial score (nSPS) is 19.3. The van der Waals surface area contributed by atoms with Crippen LogP contribution in [0.2, 0.25) is 0 Å². The van der Waals surface area contributed by atoms with Gasteiger partial charge in [0.25, 0.3) is 0 Å². The van der Waals surface area contributed by atoms with E-state index in [2.05, 4.69) is 10.3 Å². The van der Waals surface area contributed by atoms with Gasteiger partial charge in [-0.15, -0.1) is 0 Å². The van der Waals surface area contributed by atoms with Crippen molar-refractivity contribution in [3.05, 3.63) is 30.1 Å². The molecule has 0 aromatic carbocycles. The van der Waals surface area contributed by atoms with Crippen LogP contribution in [0, 0.1) is 5.41 Å². The highest BCUT2D eigenvalue weighted by molar-refractivity contribution is 5.81. The standard InChI is InChI=1S/C15H20F3N3O2/c16-15(17,18)12(9-11-1-5-20-6-2-11)21-10-14(13(19)22)3-7-23-8-4-14/h1-2,5-6,12,21H,3-4,7-10H2,(H2,19,22)/t12-/m1/s1. The van der Waals surface area contributed by atoms with Crippen LogP contribution in [0.25, 0.3) is 0 Å². The summed E-state index contributed by atoms with van der Waals surface area (Å²) >= 11 is 0. The molecule has 0 unspecified atom stereocenters. The molecule has 0 bridgehead atoms. The van der Waals surface area contributed by atoms with Crippen LogP contribution in [0.4, 0.5) is 13.2 Å². The van der Waals surface area contributed by atoms with Crippen LogP contribution in [0.3, 0.4) is 0 Å². The average molecular weight is 331 g/mol. The molecule has 23 heavy (non-hydrogen) atoms. The summed E-state index contributed by atoms with van der Waals surface area (Å²) in [6.45, 7) is 0.540. The molecule has 1 amide bonds. The van der Waals surface area contributed by atoms with Crippen molar-refractivity contribution < 1.29 is 22.7 Å². The van der Waals surface area contributed by atoms with E-state index in [1.165, 1.54) is 12.4 Å². The SMILES string of the molecule is NC(=O)C1(CN[C@H](Cc2ccncc2)C(F)(F)F)CCOCC1. The second kappa shape index (κ2) is 7.27. The zero-order valence-electron chi connectivity index (χ0n) is 12.6. The van der Waals surface area contributed by atoms with Gasteiger partial charge in [0.15, 0.2) is 0 Å². The number of alkyl halides is 3. The third-order valence-electron chi connectivity index (χ3n) is 4.24. The second-order valence-corrected chi connectivity index (χ2v) is 5.79. The number of carbonyl (C=O) groups excluding carboxylic acids is 1. The third-order valence-corrected chi connectivity index (χ3v) is 4.24. The maximum absolute atomic E-state index is 13.3. The Labute approximate surface area is 132 Å². The van der Waals surface area contributed by atoms with Crippen LogP contribution in [0.1, 0.15) is 18.4 Å². The number of pyridine rings is 1. The zero-order valence-corrected chi connectivity index (χ0v) is 12.6. The molecule has 8 heteroatoms. The average Bonchev–Trinajstić information content (AvgIpc) is 2.52. The first-order valence-electron chi connectivity index (χ1n) is 7.40. The number of aromatic nitrogens is 1. The Hall–Kier alpha value is -1.67. The van der Waals surface area contributed by atoms with Crippen molar-refractivity contribution in [2.24, 2.45) is 11.1 Å². The maximum atomic E-state index is 13.3. The van der Waals surface area contributed by atoms with E-state index in [1.807, 2.05) is 0 Å². The fraction of sp³-hybridized carbons (Fsp3) is 0.600. The molecule has 5 nitrogen and oxygen atoms in total. The van der Waals surface area contributed by atoms with Crippen molar-refractivity contribution in [1.29, 1.82) is 0 Å². The smallest absolute Gasteiger partial charge is 0.381 e. The first-order chi connectivity index (χ1) is 10.8. The molecule has 0 aliphatic carbocycles. The Kier molecular flexibility index (Phi) is 5.59. The number of ether oxygens (including phenoxy) is 1. The van der Waals surface area contributed by atoms with Gasteiger partial charge in [-0.2, -0.15) is 13.2 Å². The number of amides is 1. The molecule has 0 spiro atoms. The van der Waals surface area contributed by atoms with Gasteiger partial charge in [-0.25, -0.2) is 0 Å². The van der Waals surface area contributed by atoms with Crippen molar-refractivity contribution in [3.8, 4) is 0 Å². The van der Waals surface area contributed by atoms with E-state index in [9.17, 15) is 18.0 Å². The Morgan fingerprint density at radius 3 is 2.48 bits per heavy atom. The number of nitrogens with two attached hydrogens (primary N) is 1. The topological polar surface area (TPSA) is 77.2 Å². The summed E-state index contributed by atoms with van der Waals surface area (Å²) < 4.78 is 45.0. The van der Waals surface area contributed by atoms with Crippen molar-refractivity contribution >= 4 is 5.91 Å². The van der Waals surface area contributed by atoms with Gasteiger partial charge < -0.3 is 15.8 Å². The highest BCUT2D eigenvalue weighted by Crippen LogP contribution is 2.31. The van der Waals surface area contributed by atoms with Crippen LogP contribution in [0.15, 0.2) is 24.5 Å². The molecule has 1 aromatic rings. The van der Waals surface area contributed by atoms with Gasteiger partial charge in [0.05, 0.1) is 5.41 Å².